The first kappa shape index (κ1) is 26.2. The van der Waals surface area contributed by atoms with E-state index in [0.29, 0.717) is 0 Å². The van der Waals surface area contributed by atoms with Gasteiger partial charge < -0.3 is 24.8 Å². The Bertz CT molecular complexity index is 1040. The summed E-state index contributed by atoms with van der Waals surface area (Å²) in [6.45, 7) is 7.02. The Morgan fingerprint density at radius 2 is 1.60 bits per heavy atom. The van der Waals surface area contributed by atoms with Crippen molar-refractivity contribution in [1.29, 1.82) is 0 Å². The van der Waals surface area contributed by atoms with Gasteiger partial charge in [-0.25, -0.2) is 9.59 Å². The van der Waals surface area contributed by atoms with Gasteiger partial charge in [0.05, 0.1) is 5.60 Å². The second kappa shape index (κ2) is 10.9. The monoisotopic (exact) mass is 482 g/mol. The van der Waals surface area contributed by atoms with Crippen molar-refractivity contribution in [2.75, 3.05) is 20.3 Å². The van der Waals surface area contributed by atoms with E-state index in [-0.39, 0.29) is 25.5 Å². The van der Waals surface area contributed by atoms with Crippen LogP contribution in [0.1, 0.15) is 51.2 Å². The Hall–Kier alpha value is -3.39. The van der Waals surface area contributed by atoms with Crippen LogP contribution in [0, 0.1) is 0 Å². The van der Waals surface area contributed by atoms with E-state index >= 15 is 0 Å². The minimum Gasteiger partial charge on any atom is -0.480 e. The maximum Gasteiger partial charge on any atom is 0.407 e. The highest BCUT2D eigenvalue weighted by molar-refractivity contribution is 5.89. The molecule has 1 aliphatic rings. The zero-order valence-electron chi connectivity index (χ0n) is 20.9. The average molecular weight is 483 g/mol. The molecule has 35 heavy (non-hydrogen) atoms. The largest absolute Gasteiger partial charge is 0.480 e. The Morgan fingerprint density at radius 1 is 1.06 bits per heavy atom. The van der Waals surface area contributed by atoms with Gasteiger partial charge in [-0.2, -0.15) is 0 Å². The lowest BCUT2D eigenvalue weighted by molar-refractivity contribution is -0.150. The van der Waals surface area contributed by atoms with Gasteiger partial charge in [-0.1, -0.05) is 48.5 Å². The summed E-state index contributed by atoms with van der Waals surface area (Å²) in [5, 5.41) is 12.1. The lowest BCUT2D eigenvalue weighted by Gasteiger charge is -2.33. The number of rotatable bonds is 10. The van der Waals surface area contributed by atoms with Gasteiger partial charge in [0.1, 0.15) is 18.7 Å². The molecule has 0 radical (unpaired) electrons. The molecule has 0 bridgehead atoms. The van der Waals surface area contributed by atoms with Crippen molar-refractivity contribution in [1.82, 2.24) is 10.2 Å². The van der Waals surface area contributed by atoms with Gasteiger partial charge in [0, 0.05) is 26.0 Å². The number of likely N-dealkylation sites (N-methyl/N-ethyl adjacent to an activating group) is 1. The van der Waals surface area contributed by atoms with Crippen LogP contribution < -0.4 is 5.32 Å². The van der Waals surface area contributed by atoms with Crippen LogP contribution in [-0.2, 0) is 19.1 Å². The van der Waals surface area contributed by atoms with Crippen molar-refractivity contribution in [3.8, 4) is 11.1 Å². The second-order valence-corrected chi connectivity index (χ2v) is 9.33. The number of carbonyl (C=O) groups excluding carboxylic acids is 2. The van der Waals surface area contributed by atoms with Crippen LogP contribution in [0.2, 0.25) is 0 Å². The minimum atomic E-state index is -1.12. The Morgan fingerprint density at radius 3 is 2.09 bits per heavy atom. The highest BCUT2D eigenvalue weighted by Gasteiger charge is 2.36. The number of carboxylic acids is 1. The van der Waals surface area contributed by atoms with Crippen molar-refractivity contribution < 1.29 is 29.0 Å². The molecule has 188 valence electrons. The number of nitrogens with zero attached hydrogens (tertiary/aromatic N) is 1. The molecule has 2 N–H and O–H groups in total. The van der Waals surface area contributed by atoms with E-state index in [1.54, 1.807) is 20.8 Å². The predicted molar refractivity (Wildman–Crippen MR) is 132 cm³/mol. The molecule has 0 saturated heterocycles. The Labute approximate surface area is 206 Å². The van der Waals surface area contributed by atoms with Gasteiger partial charge in [0.2, 0.25) is 5.91 Å². The van der Waals surface area contributed by atoms with E-state index in [4.69, 9.17) is 9.47 Å². The lowest BCUT2D eigenvalue weighted by atomic mass is 9.97. The average Bonchev–Trinajstić information content (AvgIpc) is 3.16. The molecule has 0 fully saturated rings. The van der Waals surface area contributed by atoms with Crippen molar-refractivity contribution in [2.45, 2.75) is 57.7 Å². The zero-order valence-corrected chi connectivity index (χ0v) is 20.9. The molecule has 2 amide bonds. The molecule has 0 aliphatic heterocycles. The molecule has 2 unspecified atom stereocenters. The van der Waals surface area contributed by atoms with E-state index in [9.17, 15) is 19.5 Å². The quantitative estimate of drug-likeness (QED) is 0.530. The fourth-order valence-corrected chi connectivity index (χ4v) is 4.51. The molecule has 8 heteroatoms. The number of ether oxygens (including phenoxy) is 2. The molecule has 2 atom stereocenters. The van der Waals surface area contributed by atoms with E-state index in [2.05, 4.69) is 17.4 Å². The van der Waals surface area contributed by atoms with Crippen molar-refractivity contribution in [2.24, 2.45) is 0 Å². The fraction of sp³-hybridized carbons (Fsp3) is 0.444. The summed E-state index contributed by atoms with van der Waals surface area (Å²) in [6.07, 6.45) is -0.591. The topological polar surface area (TPSA) is 105 Å². The number of amides is 2. The number of methoxy groups -OCH3 is 1. The molecule has 2 aromatic carbocycles. The normalized spacial score (nSPS) is 14.4. The number of nitrogens with one attached hydrogen (secondary N) is 1. The van der Waals surface area contributed by atoms with Crippen LogP contribution in [0.3, 0.4) is 0 Å². The lowest BCUT2D eigenvalue weighted by Crippen LogP contribution is -2.55. The molecule has 1 aliphatic carbocycles. The number of fused-ring (bicyclic) bond motifs is 3. The molecule has 0 saturated carbocycles. The van der Waals surface area contributed by atoms with Gasteiger partial charge in [-0.05, 0) is 49.9 Å². The van der Waals surface area contributed by atoms with E-state index in [1.165, 1.54) is 18.9 Å². The third-order valence-corrected chi connectivity index (χ3v) is 6.63. The Balaban J connectivity index is 1.76. The van der Waals surface area contributed by atoms with E-state index < -0.39 is 35.7 Å². The first-order valence-electron chi connectivity index (χ1n) is 11.8. The number of carbonyl (C=O) groups is 3. The molecular formula is C27H34N2O6. The standard InChI is InChI=1S/C27H34N2O6/c1-6-29(17(2)25(31)32)24(30)23(15-27(3,4)34-5)28-26(33)35-16-22-20-13-9-7-11-18(20)19-12-8-10-14-21(19)22/h7-14,17,22-23H,6,15-16H2,1-5H3,(H,28,33)(H,31,32). The zero-order chi connectivity index (χ0) is 25.8. The van der Waals surface area contributed by atoms with Gasteiger partial charge >= 0.3 is 12.1 Å². The molecule has 0 spiro atoms. The molecule has 3 rings (SSSR count). The minimum absolute atomic E-state index is 0.109. The van der Waals surface area contributed by atoms with Gasteiger partial charge in [-0.3, -0.25) is 4.79 Å². The van der Waals surface area contributed by atoms with E-state index in [0.717, 1.165) is 22.3 Å². The third-order valence-electron chi connectivity index (χ3n) is 6.63. The van der Waals surface area contributed by atoms with Gasteiger partial charge in [0.25, 0.3) is 0 Å². The number of benzene rings is 2. The summed E-state index contributed by atoms with van der Waals surface area (Å²) in [5.41, 5.74) is 3.67. The van der Waals surface area contributed by atoms with Crippen LogP contribution in [-0.4, -0.2) is 65.9 Å². The summed E-state index contributed by atoms with van der Waals surface area (Å²) in [6, 6.07) is 14.0. The van der Waals surface area contributed by atoms with Crippen molar-refractivity contribution in [3.05, 3.63) is 59.7 Å². The van der Waals surface area contributed by atoms with Crippen LogP contribution in [0.5, 0.6) is 0 Å². The number of hydrogen-bond acceptors (Lipinski definition) is 5. The van der Waals surface area contributed by atoms with Crippen LogP contribution in [0.4, 0.5) is 4.79 Å². The maximum absolute atomic E-state index is 13.3. The first-order chi connectivity index (χ1) is 16.6. The SMILES string of the molecule is CCN(C(=O)C(CC(C)(C)OC)NC(=O)OCC1c2ccccc2-c2ccccc21)C(C)C(=O)O. The third kappa shape index (κ3) is 5.82. The van der Waals surface area contributed by atoms with Gasteiger partial charge in [-0.15, -0.1) is 0 Å². The molecule has 0 aromatic heterocycles. The summed E-state index contributed by atoms with van der Waals surface area (Å²) in [7, 11) is 1.52. The highest BCUT2D eigenvalue weighted by Crippen LogP contribution is 2.44. The molecular weight excluding hydrogens is 448 g/mol. The summed E-state index contributed by atoms with van der Waals surface area (Å²) in [4.78, 5) is 38.9. The smallest absolute Gasteiger partial charge is 0.407 e. The summed E-state index contributed by atoms with van der Waals surface area (Å²) in [5.74, 6) is -1.73. The summed E-state index contributed by atoms with van der Waals surface area (Å²) >= 11 is 0. The van der Waals surface area contributed by atoms with Crippen LogP contribution in [0.25, 0.3) is 11.1 Å². The summed E-state index contributed by atoms with van der Waals surface area (Å²) < 4.78 is 11.1. The van der Waals surface area contributed by atoms with Gasteiger partial charge in [0.15, 0.2) is 0 Å². The molecule has 0 heterocycles. The number of hydrogen-bond donors (Lipinski definition) is 2. The van der Waals surface area contributed by atoms with Crippen molar-refractivity contribution >= 4 is 18.0 Å². The van der Waals surface area contributed by atoms with E-state index in [1.807, 2.05) is 36.4 Å². The number of aliphatic carboxylic acids is 1. The van der Waals surface area contributed by atoms with Crippen LogP contribution in [0.15, 0.2) is 48.5 Å². The fourth-order valence-electron chi connectivity index (χ4n) is 4.51. The number of alkyl carbamates (subject to hydrolysis) is 1. The first-order valence-corrected chi connectivity index (χ1v) is 11.8. The maximum atomic E-state index is 13.3. The highest BCUT2D eigenvalue weighted by atomic mass is 16.5. The van der Waals surface area contributed by atoms with Crippen LogP contribution >= 0.6 is 0 Å². The number of carboxylic acid groups (broad SMARTS) is 1. The molecule has 2 aromatic rings. The predicted octanol–water partition coefficient (Wildman–Crippen LogP) is 4.03. The Kier molecular flexibility index (Phi) is 8.17. The second-order valence-electron chi connectivity index (χ2n) is 9.33. The molecule has 8 nitrogen and oxygen atoms in total. The van der Waals surface area contributed by atoms with Crippen molar-refractivity contribution in [3.63, 3.8) is 0 Å².